The van der Waals surface area contributed by atoms with E-state index < -0.39 is 5.97 Å². The summed E-state index contributed by atoms with van der Waals surface area (Å²) in [5.41, 5.74) is -0.0507. The highest BCUT2D eigenvalue weighted by Crippen LogP contribution is 2.45. The quantitative estimate of drug-likeness (QED) is 0.862. The largest absolute Gasteiger partial charge is 0.476 e. The number of rotatable bonds is 3. The van der Waals surface area contributed by atoms with Gasteiger partial charge in [-0.25, -0.2) is 14.8 Å². The minimum absolute atomic E-state index is 0.0507. The molecule has 1 aromatic rings. The Kier molecular flexibility index (Phi) is 2.46. The van der Waals surface area contributed by atoms with Crippen molar-refractivity contribution in [3.8, 4) is 5.88 Å². The smallest absolute Gasteiger partial charge is 0.356 e. The van der Waals surface area contributed by atoms with Gasteiger partial charge in [0.2, 0.25) is 5.88 Å². The van der Waals surface area contributed by atoms with Crippen molar-refractivity contribution in [3.63, 3.8) is 0 Å². The Bertz CT molecular complexity index is 432. The van der Waals surface area contributed by atoms with Crippen LogP contribution in [0.5, 0.6) is 5.88 Å². The van der Waals surface area contributed by atoms with Crippen LogP contribution >= 0.6 is 0 Å². The lowest BCUT2D eigenvalue weighted by molar-refractivity contribution is 0.0689. The van der Waals surface area contributed by atoms with Crippen molar-refractivity contribution >= 4 is 5.97 Å². The lowest BCUT2D eigenvalue weighted by atomic mass is 9.98. The molecule has 0 spiro atoms. The molecule has 1 N–H and O–H groups in total. The number of nitrogens with zero attached hydrogens (tertiary/aromatic N) is 2. The van der Waals surface area contributed by atoms with Gasteiger partial charge in [-0.15, -0.1) is 0 Å². The normalized spacial score (nSPS) is 30.5. The highest BCUT2D eigenvalue weighted by atomic mass is 16.5. The summed E-state index contributed by atoms with van der Waals surface area (Å²) in [5.74, 6) is 0.841. The van der Waals surface area contributed by atoms with Crippen molar-refractivity contribution in [2.75, 3.05) is 0 Å². The van der Waals surface area contributed by atoms with Gasteiger partial charge in [0.1, 0.15) is 6.10 Å². The van der Waals surface area contributed by atoms with Gasteiger partial charge in [0, 0.05) is 0 Å². The molecule has 2 aliphatic carbocycles. The molecule has 0 amide bonds. The third kappa shape index (κ3) is 1.97. The van der Waals surface area contributed by atoms with Crippen LogP contribution in [-0.4, -0.2) is 27.1 Å². The van der Waals surface area contributed by atoms with Gasteiger partial charge in [-0.1, -0.05) is 0 Å². The zero-order valence-corrected chi connectivity index (χ0v) is 9.37. The van der Waals surface area contributed by atoms with Crippen molar-refractivity contribution in [2.45, 2.75) is 31.8 Å². The van der Waals surface area contributed by atoms with Crippen LogP contribution in [0.1, 0.15) is 36.2 Å². The van der Waals surface area contributed by atoms with Gasteiger partial charge in [-0.2, -0.15) is 0 Å². The van der Waals surface area contributed by atoms with Crippen LogP contribution < -0.4 is 4.74 Å². The minimum Gasteiger partial charge on any atom is -0.476 e. The monoisotopic (exact) mass is 234 g/mol. The molecule has 3 rings (SSSR count). The van der Waals surface area contributed by atoms with Gasteiger partial charge in [-0.05, 0) is 37.5 Å². The maximum Gasteiger partial charge on any atom is 0.356 e. The molecule has 0 aliphatic heterocycles. The number of fused-ring (bicyclic) bond motifs is 2. The van der Waals surface area contributed by atoms with E-state index in [1.54, 1.807) is 0 Å². The van der Waals surface area contributed by atoms with E-state index in [-0.39, 0.29) is 11.8 Å². The van der Waals surface area contributed by atoms with E-state index in [1.807, 2.05) is 0 Å². The molecule has 1 heterocycles. The van der Waals surface area contributed by atoms with Crippen molar-refractivity contribution in [1.82, 2.24) is 9.97 Å². The van der Waals surface area contributed by atoms with Crippen molar-refractivity contribution in [3.05, 3.63) is 18.1 Å². The molecule has 5 nitrogen and oxygen atoms in total. The molecule has 5 heteroatoms. The second-order valence-electron chi connectivity index (χ2n) is 4.88. The Morgan fingerprint density at radius 3 is 2.71 bits per heavy atom. The molecule has 0 saturated heterocycles. The average Bonchev–Trinajstić information content (AvgIpc) is 2.91. The van der Waals surface area contributed by atoms with E-state index in [4.69, 9.17) is 9.84 Å². The van der Waals surface area contributed by atoms with E-state index in [1.165, 1.54) is 31.7 Å². The number of carbonyl (C=O) groups is 1. The first-order valence-electron chi connectivity index (χ1n) is 5.94. The standard InChI is InChI=1S/C12H14N2O3/c15-12(16)9-5-14-11(6-13-9)17-10-4-7-1-2-8(10)3-7/h5-8,10H,1-4H2,(H,15,16). The predicted molar refractivity (Wildman–Crippen MR) is 58.9 cm³/mol. The molecule has 1 aromatic heterocycles. The van der Waals surface area contributed by atoms with Crippen LogP contribution in [0.2, 0.25) is 0 Å². The molecule has 3 atom stereocenters. The number of carboxylic acids is 1. The van der Waals surface area contributed by atoms with E-state index >= 15 is 0 Å². The Balaban J connectivity index is 1.67. The van der Waals surface area contributed by atoms with Crippen LogP contribution in [0.25, 0.3) is 0 Å². The third-order valence-corrected chi connectivity index (χ3v) is 3.79. The van der Waals surface area contributed by atoms with Crippen LogP contribution in [0.4, 0.5) is 0 Å². The first-order valence-corrected chi connectivity index (χ1v) is 5.94. The zero-order valence-electron chi connectivity index (χ0n) is 9.37. The molecular weight excluding hydrogens is 220 g/mol. The second-order valence-corrected chi connectivity index (χ2v) is 4.88. The SMILES string of the molecule is O=C(O)c1cnc(OC2CC3CCC2C3)cn1. The average molecular weight is 234 g/mol. The first-order chi connectivity index (χ1) is 8.22. The molecule has 17 heavy (non-hydrogen) atoms. The summed E-state index contributed by atoms with van der Waals surface area (Å²) in [7, 11) is 0. The summed E-state index contributed by atoms with van der Waals surface area (Å²) in [6.07, 6.45) is 7.83. The van der Waals surface area contributed by atoms with Crippen molar-refractivity contribution < 1.29 is 14.6 Å². The molecule has 3 unspecified atom stereocenters. The lowest BCUT2D eigenvalue weighted by Gasteiger charge is -2.22. The molecular formula is C12H14N2O3. The molecule has 2 aliphatic rings. The maximum atomic E-state index is 10.6. The summed E-state index contributed by atoms with van der Waals surface area (Å²) < 4.78 is 5.78. The van der Waals surface area contributed by atoms with Crippen LogP contribution in [0.3, 0.4) is 0 Å². The Hall–Kier alpha value is -1.65. The van der Waals surface area contributed by atoms with E-state index in [0.717, 1.165) is 12.3 Å². The second kappa shape index (κ2) is 3.98. The number of hydrogen-bond donors (Lipinski definition) is 1. The first kappa shape index (κ1) is 10.5. The van der Waals surface area contributed by atoms with Gasteiger partial charge >= 0.3 is 5.97 Å². The lowest BCUT2D eigenvalue weighted by Crippen LogP contribution is -2.24. The Morgan fingerprint density at radius 2 is 2.18 bits per heavy atom. The molecule has 90 valence electrons. The van der Waals surface area contributed by atoms with Crippen LogP contribution in [0.15, 0.2) is 12.4 Å². The third-order valence-electron chi connectivity index (χ3n) is 3.79. The Morgan fingerprint density at radius 1 is 1.29 bits per heavy atom. The van der Waals surface area contributed by atoms with Crippen LogP contribution in [0, 0.1) is 11.8 Å². The van der Waals surface area contributed by atoms with E-state index in [9.17, 15) is 4.79 Å². The highest BCUT2D eigenvalue weighted by molar-refractivity contribution is 5.84. The van der Waals surface area contributed by atoms with Gasteiger partial charge in [0.05, 0.1) is 12.4 Å². The molecule has 2 bridgehead atoms. The predicted octanol–water partition coefficient (Wildman–Crippen LogP) is 1.74. The molecule has 2 fully saturated rings. The number of aromatic carboxylic acids is 1. The van der Waals surface area contributed by atoms with Gasteiger partial charge < -0.3 is 9.84 Å². The van der Waals surface area contributed by atoms with Gasteiger partial charge in [0.25, 0.3) is 0 Å². The summed E-state index contributed by atoms with van der Waals surface area (Å²) >= 11 is 0. The molecule has 0 aromatic carbocycles. The molecule has 0 radical (unpaired) electrons. The number of hydrogen-bond acceptors (Lipinski definition) is 4. The number of aromatic nitrogens is 2. The fourth-order valence-electron chi connectivity index (χ4n) is 2.97. The topological polar surface area (TPSA) is 72.3 Å². The number of carboxylic acid groups (broad SMARTS) is 1. The van der Waals surface area contributed by atoms with Crippen molar-refractivity contribution in [1.29, 1.82) is 0 Å². The van der Waals surface area contributed by atoms with E-state index in [2.05, 4.69) is 9.97 Å². The fraction of sp³-hybridized carbons (Fsp3) is 0.583. The highest BCUT2D eigenvalue weighted by Gasteiger charge is 2.41. The van der Waals surface area contributed by atoms with Crippen molar-refractivity contribution in [2.24, 2.45) is 11.8 Å². The minimum atomic E-state index is -1.07. The van der Waals surface area contributed by atoms with Gasteiger partial charge in [0.15, 0.2) is 5.69 Å². The van der Waals surface area contributed by atoms with E-state index in [0.29, 0.717) is 11.8 Å². The Labute approximate surface area is 98.8 Å². The van der Waals surface area contributed by atoms with Gasteiger partial charge in [-0.3, -0.25) is 0 Å². The zero-order chi connectivity index (χ0) is 11.8. The summed E-state index contributed by atoms with van der Waals surface area (Å²) in [5, 5.41) is 8.70. The fourth-order valence-corrected chi connectivity index (χ4v) is 2.97. The maximum absolute atomic E-state index is 10.6. The summed E-state index contributed by atoms with van der Waals surface area (Å²) in [6, 6.07) is 0. The summed E-state index contributed by atoms with van der Waals surface area (Å²) in [6.45, 7) is 0. The summed E-state index contributed by atoms with van der Waals surface area (Å²) in [4.78, 5) is 18.4. The van der Waals surface area contributed by atoms with Crippen LogP contribution in [-0.2, 0) is 0 Å². The number of ether oxygens (including phenoxy) is 1. The molecule has 2 saturated carbocycles.